The highest BCUT2D eigenvalue weighted by atomic mass is 35.5. The maximum Gasteiger partial charge on any atom is 0.124 e. The van der Waals surface area contributed by atoms with Crippen LogP contribution in [0.4, 0.5) is 4.39 Å². The first-order valence-electron chi connectivity index (χ1n) is 6.09. The second-order valence-electron chi connectivity index (χ2n) is 4.50. The van der Waals surface area contributed by atoms with E-state index >= 15 is 0 Å². The van der Waals surface area contributed by atoms with Crippen molar-refractivity contribution in [2.45, 2.75) is 19.6 Å². The second-order valence-corrected chi connectivity index (χ2v) is 5.34. The predicted molar refractivity (Wildman–Crippen MR) is 79.8 cm³/mol. The van der Waals surface area contributed by atoms with Gasteiger partial charge in [0, 0.05) is 27.2 Å². The van der Waals surface area contributed by atoms with Gasteiger partial charge in [-0.1, -0.05) is 23.2 Å². The van der Waals surface area contributed by atoms with Crippen LogP contribution in [0.1, 0.15) is 24.1 Å². The van der Waals surface area contributed by atoms with Crippen molar-refractivity contribution in [3.05, 3.63) is 63.4 Å². The first-order chi connectivity index (χ1) is 9.47. The van der Waals surface area contributed by atoms with Crippen molar-refractivity contribution in [1.29, 1.82) is 0 Å². The van der Waals surface area contributed by atoms with Crippen molar-refractivity contribution in [3.63, 3.8) is 0 Å². The van der Waals surface area contributed by atoms with Crippen LogP contribution in [0.5, 0.6) is 5.75 Å². The van der Waals surface area contributed by atoms with E-state index in [0.717, 1.165) is 5.56 Å². The van der Waals surface area contributed by atoms with Crippen LogP contribution in [0.3, 0.4) is 0 Å². The summed E-state index contributed by atoms with van der Waals surface area (Å²) in [7, 11) is 0. The number of hydrogen-bond donors (Lipinski definition) is 1. The summed E-state index contributed by atoms with van der Waals surface area (Å²) in [4.78, 5) is 0. The van der Waals surface area contributed by atoms with E-state index in [4.69, 9.17) is 33.7 Å². The molecule has 20 heavy (non-hydrogen) atoms. The lowest BCUT2D eigenvalue weighted by molar-refractivity contribution is 0.301. The van der Waals surface area contributed by atoms with E-state index < -0.39 is 0 Å². The van der Waals surface area contributed by atoms with Gasteiger partial charge in [0.2, 0.25) is 0 Å². The third-order valence-electron chi connectivity index (χ3n) is 2.85. The van der Waals surface area contributed by atoms with Gasteiger partial charge in [-0.25, -0.2) is 4.39 Å². The Bertz CT molecular complexity index is 617. The molecule has 0 aliphatic heterocycles. The van der Waals surface area contributed by atoms with Crippen molar-refractivity contribution in [1.82, 2.24) is 0 Å². The molecule has 0 bridgehead atoms. The van der Waals surface area contributed by atoms with E-state index in [-0.39, 0.29) is 18.5 Å². The zero-order valence-electron chi connectivity index (χ0n) is 10.9. The number of halogens is 3. The molecule has 0 aliphatic rings. The van der Waals surface area contributed by atoms with Crippen LogP contribution in [0.15, 0.2) is 36.4 Å². The van der Waals surface area contributed by atoms with Crippen LogP contribution >= 0.6 is 23.2 Å². The molecule has 2 N–H and O–H groups in total. The molecule has 106 valence electrons. The lowest BCUT2D eigenvalue weighted by Gasteiger charge is -2.15. The quantitative estimate of drug-likeness (QED) is 0.885. The molecule has 1 atom stereocenters. The topological polar surface area (TPSA) is 35.2 Å². The van der Waals surface area contributed by atoms with Crippen molar-refractivity contribution in [3.8, 4) is 5.75 Å². The fraction of sp³-hybridized carbons (Fsp3) is 0.200. The Hall–Kier alpha value is -1.29. The van der Waals surface area contributed by atoms with Gasteiger partial charge in [0.1, 0.15) is 18.2 Å². The fourth-order valence-electron chi connectivity index (χ4n) is 1.82. The van der Waals surface area contributed by atoms with Crippen molar-refractivity contribution < 1.29 is 9.13 Å². The summed E-state index contributed by atoms with van der Waals surface area (Å²) >= 11 is 11.9. The number of benzene rings is 2. The van der Waals surface area contributed by atoms with Gasteiger partial charge in [0.15, 0.2) is 0 Å². The molecule has 0 amide bonds. The summed E-state index contributed by atoms with van der Waals surface area (Å²) in [6, 6.07) is 9.17. The Balaban J connectivity index is 2.20. The van der Waals surface area contributed by atoms with Crippen LogP contribution in [-0.4, -0.2) is 0 Å². The predicted octanol–water partition coefficient (Wildman–Crippen LogP) is 4.73. The molecule has 2 aromatic rings. The van der Waals surface area contributed by atoms with Crippen LogP contribution in [0, 0.1) is 5.82 Å². The average molecular weight is 314 g/mol. The Morgan fingerprint density at radius 3 is 2.65 bits per heavy atom. The summed E-state index contributed by atoms with van der Waals surface area (Å²) < 4.78 is 18.9. The Kier molecular flexibility index (Phi) is 4.86. The molecule has 0 spiro atoms. The minimum atomic E-state index is -0.350. The Morgan fingerprint density at radius 1 is 1.20 bits per heavy atom. The highest BCUT2D eigenvalue weighted by Crippen LogP contribution is 2.28. The lowest BCUT2D eigenvalue weighted by atomic mass is 10.1. The first kappa shape index (κ1) is 15.1. The van der Waals surface area contributed by atoms with Gasteiger partial charge < -0.3 is 10.5 Å². The van der Waals surface area contributed by atoms with Crippen molar-refractivity contribution in [2.24, 2.45) is 5.73 Å². The molecule has 2 aromatic carbocycles. The van der Waals surface area contributed by atoms with Crippen molar-refractivity contribution in [2.75, 3.05) is 0 Å². The molecule has 2 nitrogen and oxygen atoms in total. The van der Waals surface area contributed by atoms with Gasteiger partial charge in [-0.2, -0.15) is 0 Å². The number of ether oxygens (including phenoxy) is 1. The Morgan fingerprint density at radius 2 is 1.95 bits per heavy atom. The molecule has 0 radical (unpaired) electrons. The van der Waals surface area contributed by atoms with Crippen LogP contribution in [0.2, 0.25) is 10.0 Å². The normalized spacial score (nSPS) is 12.2. The maximum atomic E-state index is 13.2. The second kappa shape index (κ2) is 6.44. The molecule has 0 aliphatic carbocycles. The summed E-state index contributed by atoms with van der Waals surface area (Å²) in [5, 5.41) is 1.05. The number of nitrogens with two attached hydrogens (primary N) is 1. The molecule has 0 fully saturated rings. The molecule has 0 heterocycles. The summed E-state index contributed by atoms with van der Waals surface area (Å²) in [5.41, 5.74) is 7.26. The molecule has 0 aromatic heterocycles. The minimum absolute atomic E-state index is 0.165. The zero-order valence-corrected chi connectivity index (χ0v) is 12.4. The van der Waals surface area contributed by atoms with Crippen LogP contribution in [-0.2, 0) is 6.61 Å². The molecular formula is C15H14Cl2FNO. The summed E-state index contributed by atoms with van der Waals surface area (Å²) in [6.07, 6.45) is 0. The zero-order chi connectivity index (χ0) is 14.7. The third kappa shape index (κ3) is 3.63. The number of rotatable bonds is 4. The van der Waals surface area contributed by atoms with Gasteiger partial charge in [-0.3, -0.25) is 0 Å². The molecule has 0 saturated carbocycles. The summed E-state index contributed by atoms with van der Waals surface area (Å²) in [6.45, 7) is 2.01. The van der Waals surface area contributed by atoms with Crippen LogP contribution < -0.4 is 10.5 Å². The van der Waals surface area contributed by atoms with Gasteiger partial charge in [-0.15, -0.1) is 0 Å². The SMILES string of the molecule is CC(N)c1cc(Cl)ccc1OCc1cc(F)ccc1Cl. The maximum absolute atomic E-state index is 13.2. The van der Waals surface area contributed by atoms with Crippen molar-refractivity contribution >= 4 is 23.2 Å². The van der Waals surface area contributed by atoms with Crippen LogP contribution in [0.25, 0.3) is 0 Å². The molecule has 0 saturated heterocycles. The minimum Gasteiger partial charge on any atom is -0.489 e. The fourth-order valence-corrected chi connectivity index (χ4v) is 2.17. The number of hydrogen-bond acceptors (Lipinski definition) is 2. The largest absolute Gasteiger partial charge is 0.489 e. The Labute approximate surface area is 127 Å². The van der Waals surface area contributed by atoms with E-state index in [2.05, 4.69) is 0 Å². The standard InChI is InChI=1S/C15H14Cl2FNO/c1-9(19)13-7-11(16)2-5-15(13)20-8-10-6-12(18)3-4-14(10)17/h2-7,9H,8,19H2,1H3. The van der Waals surface area contributed by atoms with E-state index in [1.165, 1.54) is 18.2 Å². The first-order valence-corrected chi connectivity index (χ1v) is 6.84. The lowest BCUT2D eigenvalue weighted by Crippen LogP contribution is -2.08. The summed E-state index contributed by atoms with van der Waals surface area (Å²) in [5.74, 6) is 0.265. The van der Waals surface area contributed by atoms with Gasteiger partial charge in [0.25, 0.3) is 0 Å². The van der Waals surface area contributed by atoms with E-state index in [1.54, 1.807) is 18.2 Å². The molecule has 1 unspecified atom stereocenters. The highest BCUT2D eigenvalue weighted by Gasteiger charge is 2.10. The van der Waals surface area contributed by atoms with Gasteiger partial charge in [0.05, 0.1) is 0 Å². The van der Waals surface area contributed by atoms with E-state index in [0.29, 0.717) is 21.4 Å². The third-order valence-corrected chi connectivity index (χ3v) is 3.46. The molecule has 2 rings (SSSR count). The monoisotopic (exact) mass is 313 g/mol. The highest BCUT2D eigenvalue weighted by molar-refractivity contribution is 6.31. The van der Waals surface area contributed by atoms with Gasteiger partial charge in [-0.05, 0) is 43.3 Å². The van der Waals surface area contributed by atoms with E-state index in [1.807, 2.05) is 6.92 Å². The van der Waals surface area contributed by atoms with Gasteiger partial charge >= 0.3 is 0 Å². The molecular weight excluding hydrogens is 300 g/mol. The van der Waals surface area contributed by atoms with E-state index in [9.17, 15) is 4.39 Å². The average Bonchev–Trinajstić information content (AvgIpc) is 2.40. The molecule has 5 heteroatoms. The smallest absolute Gasteiger partial charge is 0.124 e.